The molecule has 1 aromatic rings. The number of hydrogen-bond acceptors (Lipinski definition) is 4. The van der Waals surface area contributed by atoms with Crippen molar-refractivity contribution in [2.24, 2.45) is 0 Å². The molecule has 0 atom stereocenters. The molecule has 1 aliphatic heterocycles. The van der Waals surface area contributed by atoms with Crippen molar-refractivity contribution in [1.29, 1.82) is 0 Å². The van der Waals surface area contributed by atoms with Crippen molar-refractivity contribution in [1.82, 2.24) is 10.8 Å². The monoisotopic (exact) mass is 224 g/mol. The van der Waals surface area contributed by atoms with E-state index in [9.17, 15) is 4.79 Å². The lowest BCUT2D eigenvalue weighted by Gasteiger charge is -2.10. The molecule has 0 unspecified atom stereocenters. The van der Waals surface area contributed by atoms with Crippen LogP contribution < -0.4 is 10.8 Å². The highest BCUT2D eigenvalue weighted by atomic mass is 16.5. The van der Waals surface area contributed by atoms with E-state index in [0.29, 0.717) is 5.56 Å². The normalized spacial score (nSPS) is 14.6. The molecule has 88 valence electrons. The maximum atomic E-state index is 10.7. The van der Waals surface area contributed by atoms with Gasteiger partial charge in [-0.1, -0.05) is 18.2 Å². The van der Waals surface area contributed by atoms with Gasteiger partial charge in [0.25, 0.3) is 5.91 Å². The molecule has 0 aliphatic carbocycles. The third-order valence-electron chi connectivity index (χ3n) is 1.98. The smallest absolute Gasteiger partial charge is 0.274 e. The lowest BCUT2D eigenvalue weighted by molar-refractivity contribution is 0.0706. The number of ether oxygens (including phenoxy) is 1. The molecule has 1 fully saturated rings. The Kier molecular flexibility index (Phi) is 6.17. The highest BCUT2D eigenvalue weighted by molar-refractivity contribution is 5.93. The number of carbonyl (C=O) groups is 1. The second kappa shape index (κ2) is 7.81. The fraction of sp³-hybridized carbons (Fsp3) is 0.364. The Labute approximate surface area is 94.4 Å². The van der Waals surface area contributed by atoms with Gasteiger partial charge in [0.1, 0.15) is 0 Å². The van der Waals surface area contributed by atoms with Crippen molar-refractivity contribution in [3.8, 4) is 0 Å². The standard InChI is InChI=1S/C7H7NO2.C4H9NO/c9-7(8-10)6-4-2-1-3-5-6;1-3-6-4-2-5-1/h1-5,10H,(H,8,9);5H,1-4H2. The Morgan fingerprint density at radius 2 is 1.88 bits per heavy atom. The number of amides is 1. The zero-order valence-corrected chi connectivity index (χ0v) is 8.98. The quantitative estimate of drug-likeness (QED) is 0.477. The predicted molar refractivity (Wildman–Crippen MR) is 59.4 cm³/mol. The van der Waals surface area contributed by atoms with Gasteiger partial charge in [0.05, 0.1) is 13.2 Å². The molecule has 5 nitrogen and oxygen atoms in total. The Morgan fingerprint density at radius 3 is 2.25 bits per heavy atom. The van der Waals surface area contributed by atoms with E-state index in [1.807, 2.05) is 0 Å². The molecule has 0 spiro atoms. The summed E-state index contributed by atoms with van der Waals surface area (Å²) in [5.41, 5.74) is 1.99. The first-order valence-corrected chi connectivity index (χ1v) is 5.12. The van der Waals surface area contributed by atoms with Crippen molar-refractivity contribution >= 4 is 5.91 Å². The van der Waals surface area contributed by atoms with Crippen molar-refractivity contribution in [2.45, 2.75) is 0 Å². The number of hydroxylamine groups is 1. The third kappa shape index (κ3) is 4.88. The summed E-state index contributed by atoms with van der Waals surface area (Å²) in [6.07, 6.45) is 0. The molecular weight excluding hydrogens is 208 g/mol. The molecule has 1 aromatic carbocycles. The molecule has 1 heterocycles. The zero-order chi connectivity index (χ0) is 11.6. The van der Waals surface area contributed by atoms with Gasteiger partial charge in [0, 0.05) is 18.7 Å². The van der Waals surface area contributed by atoms with E-state index in [0.717, 1.165) is 26.3 Å². The minimum absolute atomic E-state index is 0.449. The van der Waals surface area contributed by atoms with Gasteiger partial charge in [-0.05, 0) is 12.1 Å². The maximum absolute atomic E-state index is 10.7. The Balaban J connectivity index is 0.000000181. The van der Waals surface area contributed by atoms with E-state index in [1.165, 1.54) is 0 Å². The van der Waals surface area contributed by atoms with Gasteiger partial charge in [0.15, 0.2) is 0 Å². The summed E-state index contributed by atoms with van der Waals surface area (Å²) < 4.78 is 5.01. The van der Waals surface area contributed by atoms with Crippen molar-refractivity contribution < 1.29 is 14.7 Å². The molecule has 16 heavy (non-hydrogen) atoms. The zero-order valence-electron chi connectivity index (χ0n) is 8.98. The van der Waals surface area contributed by atoms with E-state index in [-0.39, 0.29) is 0 Å². The van der Waals surface area contributed by atoms with Crippen LogP contribution in [0.2, 0.25) is 0 Å². The van der Waals surface area contributed by atoms with Gasteiger partial charge >= 0.3 is 0 Å². The van der Waals surface area contributed by atoms with Crippen LogP contribution in [0.25, 0.3) is 0 Å². The van der Waals surface area contributed by atoms with Gasteiger partial charge in [-0.2, -0.15) is 0 Å². The second-order valence-corrected chi connectivity index (χ2v) is 3.17. The fourth-order valence-corrected chi connectivity index (χ4v) is 1.17. The molecule has 3 N–H and O–H groups in total. The summed E-state index contributed by atoms with van der Waals surface area (Å²) in [6.45, 7) is 3.83. The van der Waals surface area contributed by atoms with Crippen LogP contribution in [0.4, 0.5) is 0 Å². The van der Waals surface area contributed by atoms with E-state index < -0.39 is 5.91 Å². The summed E-state index contributed by atoms with van der Waals surface area (Å²) in [5, 5.41) is 11.3. The van der Waals surface area contributed by atoms with Gasteiger partial charge in [-0.25, -0.2) is 5.48 Å². The fourth-order valence-electron chi connectivity index (χ4n) is 1.17. The van der Waals surface area contributed by atoms with Crippen LogP contribution in [0.5, 0.6) is 0 Å². The number of carbonyl (C=O) groups excluding carboxylic acids is 1. The first kappa shape index (κ1) is 12.6. The average Bonchev–Trinajstić information content (AvgIpc) is 2.41. The van der Waals surface area contributed by atoms with E-state index in [2.05, 4.69) is 5.32 Å². The van der Waals surface area contributed by atoms with Gasteiger partial charge in [-0.15, -0.1) is 0 Å². The molecule has 1 aliphatic rings. The van der Waals surface area contributed by atoms with E-state index >= 15 is 0 Å². The molecular formula is C11H16N2O3. The molecule has 0 saturated carbocycles. The second-order valence-electron chi connectivity index (χ2n) is 3.17. The van der Waals surface area contributed by atoms with E-state index in [4.69, 9.17) is 9.94 Å². The van der Waals surface area contributed by atoms with Crippen LogP contribution in [0.3, 0.4) is 0 Å². The number of hydrogen-bond donors (Lipinski definition) is 3. The Hall–Kier alpha value is -1.43. The summed E-state index contributed by atoms with van der Waals surface area (Å²) in [5.74, 6) is -0.486. The van der Waals surface area contributed by atoms with Gasteiger partial charge in [0.2, 0.25) is 0 Å². The van der Waals surface area contributed by atoms with Crippen molar-refractivity contribution in [3.05, 3.63) is 35.9 Å². The predicted octanol–water partition coefficient (Wildman–Crippen LogP) is 0.412. The van der Waals surface area contributed by atoms with Crippen LogP contribution in [0, 0.1) is 0 Å². The van der Waals surface area contributed by atoms with Crippen molar-refractivity contribution in [3.63, 3.8) is 0 Å². The van der Waals surface area contributed by atoms with Gasteiger partial charge < -0.3 is 10.1 Å². The summed E-state index contributed by atoms with van der Waals surface area (Å²) in [7, 11) is 0. The Morgan fingerprint density at radius 1 is 1.25 bits per heavy atom. The number of morpholine rings is 1. The summed E-state index contributed by atoms with van der Waals surface area (Å²) >= 11 is 0. The van der Waals surface area contributed by atoms with Crippen LogP contribution >= 0.6 is 0 Å². The minimum atomic E-state index is -0.486. The highest BCUT2D eigenvalue weighted by Crippen LogP contribution is 1.96. The van der Waals surface area contributed by atoms with Crippen LogP contribution in [0.1, 0.15) is 10.4 Å². The largest absolute Gasteiger partial charge is 0.379 e. The van der Waals surface area contributed by atoms with Crippen molar-refractivity contribution in [2.75, 3.05) is 26.3 Å². The average molecular weight is 224 g/mol. The van der Waals surface area contributed by atoms with Crippen LogP contribution in [-0.4, -0.2) is 37.4 Å². The number of rotatable bonds is 1. The molecule has 0 bridgehead atoms. The molecule has 0 radical (unpaired) electrons. The molecule has 1 saturated heterocycles. The Bertz CT molecular complexity index is 288. The van der Waals surface area contributed by atoms with Gasteiger partial charge in [-0.3, -0.25) is 10.0 Å². The van der Waals surface area contributed by atoms with Crippen LogP contribution in [0.15, 0.2) is 30.3 Å². The van der Waals surface area contributed by atoms with E-state index in [1.54, 1.807) is 35.8 Å². The molecule has 0 aromatic heterocycles. The lowest BCUT2D eigenvalue weighted by atomic mass is 10.2. The number of benzene rings is 1. The lowest BCUT2D eigenvalue weighted by Crippen LogP contribution is -2.30. The highest BCUT2D eigenvalue weighted by Gasteiger charge is 1.99. The molecule has 1 amide bonds. The molecule has 5 heteroatoms. The third-order valence-corrected chi connectivity index (χ3v) is 1.98. The number of nitrogens with one attached hydrogen (secondary N) is 2. The first-order valence-electron chi connectivity index (χ1n) is 5.12. The SMILES string of the molecule is C1COCCN1.O=C(NO)c1ccccc1. The summed E-state index contributed by atoms with van der Waals surface area (Å²) in [6, 6.07) is 8.49. The maximum Gasteiger partial charge on any atom is 0.274 e. The topological polar surface area (TPSA) is 70.6 Å². The summed E-state index contributed by atoms with van der Waals surface area (Å²) in [4.78, 5) is 10.7. The van der Waals surface area contributed by atoms with Crippen LogP contribution in [-0.2, 0) is 4.74 Å². The minimum Gasteiger partial charge on any atom is -0.379 e. The molecule has 2 rings (SSSR count). The first-order chi connectivity index (χ1) is 7.84.